The molecule has 0 radical (unpaired) electrons. The number of ether oxygens (including phenoxy) is 1. The lowest BCUT2D eigenvalue weighted by atomic mass is 10.2. The van der Waals surface area contributed by atoms with Crippen molar-refractivity contribution >= 4 is 44.2 Å². The highest BCUT2D eigenvalue weighted by molar-refractivity contribution is 7.22. The van der Waals surface area contributed by atoms with Gasteiger partial charge in [0.1, 0.15) is 11.5 Å². The van der Waals surface area contributed by atoms with Crippen LogP contribution in [0.5, 0.6) is 5.75 Å². The fraction of sp³-hybridized carbons (Fsp3) is 0.143. The van der Waals surface area contributed by atoms with Gasteiger partial charge in [-0.05, 0) is 61.5 Å². The lowest BCUT2D eigenvalue weighted by Crippen LogP contribution is -2.30. The van der Waals surface area contributed by atoms with Gasteiger partial charge in [-0.15, -0.1) is 0 Å². The summed E-state index contributed by atoms with van der Waals surface area (Å²) in [7, 11) is 0. The number of hydrogen-bond acceptors (Lipinski definition) is 5. The molecule has 2 aromatic carbocycles. The fourth-order valence-corrected chi connectivity index (χ4v) is 4.04. The smallest absolute Gasteiger partial charge is 0.260 e. The molecule has 2 heterocycles. The van der Waals surface area contributed by atoms with Crippen LogP contribution in [-0.2, 0) is 6.54 Å². The van der Waals surface area contributed by atoms with Crippen molar-refractivity contribution in [1.29, 1.82) is 0 Å². The number of anilines is 1. The first kappa shape index (κ1) is 18.5. The van der Waals surface area contributed by atoms with Crippen LogP contribution < -0.4 is 9.64 Å². The normalized spacial score (nSPS) is 10.9. The third-order valence-electron chi connectivity index (χ3n) is 4.12. The van der Waals surface area contributed by atoms with Gasteiger partial charge < -0.3 is 9.15 Å². The van der Waals surface area contributed by atoms with Crippen LogP contribution >= 0.6 is 22.9 Å². The second-order valence-electron chi connectivity index (χ2n) is 6.04. The third-order valence-corrected chi connectivity index (χ3v) is 5.40. The molecule has 0 aliphatic heterocycles. The number of carbonyl (C=O) groups excluding carboxylic acids is 1. The molecule has 0 aliphatic rings. The van der Waals surface area contributed by atoms with Gasteiger partial charge in [-0.25, -0.2) is 4.98 Å². The van der Waals surface area contributed by atoms with Crippen LogP contribution in [0, 0.1) is 0 Å². The van der Waals surface area contributed by atoms with E-state index in [-0.39, 0.29) is 12.5 Å². The Kier molecular flexibility index (Phi) is 5.32. The molecule has 0 N–H and O–H groups in total. The number of aromatic nitrogens is 1. The Bertz CT molecular complexity index is 1090. The van der Waals surface area contributed by atoms with Gasteiger partial charge in [0.05, 0.1) is 29.6 Å². The van der Waals surface area contributed by atoms with Gasteiger partial charge in [0, 0.05) is 10.6 Å². The average Bonchev–Trinajstić information content (AvgIpc) is 3.35. The Morgan fingerprint density at radius 1 is 1.21 bits per heavy atom. The minimum absolute atomic E-state index is 0.162. The molecule has 0 atom stereocenters. The van der Waals surface area contributed by atoms with Crippen molar-refractivity contribution in [2.75, 3.05) is 11.5 Å². The summed E-state index contributed by atoms with van der Waals surface area (Å²) < 4.78 is 11.8. The number of rotatable bonds is 6. The van der Waals surface area contributed by atoms with Crippen LogP contribution in [0.2, 0.25) is 5.02 Å². The van der Waals surface area contributed by atoms with Crippen LogP contribution in [0.15, 0.2) is 65.3 Å². The molecule has 0 saturated heterocycles. The Hall–Kier alpha value is -2.83. The number of furan rings is 1. The summed E-state index contributed by atoms with van der Waals surface area (Å²) in [5.41, 5.74) is 1.35. The van der Waals surface area contributed by atoms with E-state index in [1.165, 1.54) is 11.3 Å². The molecule has 4 aromatic rings. The van der Waals surface area contributed by atoms with Gasteiger partial charge in [-0.2, -0.15) is 0 Å². The van der Waals surface area contributed by atoms with Crippen LogP contribution in [-0.4, -0.2) is 17.5 Å². The summed E-state index contributed by atoms with van der Waals surface area (Å²) in [6.45, 7) is 2.78. The van der Waals surface area contributed by atoms with E-state index < -0.39 is 0 Å². The molecule has 0 bridgehead atoms. The Balaban J connectivity index is 1.70. The van der Waals surface area contributed by atoms with E-state index in [1.807, 2.05) is 25.1 Å². The zero-order valence-electron chi connectivity index (χ0n) is 15.1. The van der Waals surface area contributed by atoms with Gasteiger partial charge >= 0.3 is 0 Å². The minimum atomic E-state index is -0.162. The number of benzene rings is 2. The van der Waals surface area contributed by atoms with Crippen molar-refractivity contribution < 1.29 is 13.9 Å². The molecule has 28 heavy (non-hydrogen) atoms. The molecule has 0 unspecified atom stereocenters. The number of carbonyl (C=O) groups is 1. The predicted octanol–water partition coefficient (Wildman–Crippen LogP) is 5.79. The second kappa shape index (κ2) is 8.04. The fourth-order valence-electron chi connectivity index (χ4n) is 2.80. The van der Waals surface area contributed by atoms with E-state index in [1.54, 1.807) is 47.6 Å². The molecule has 142 valence electrons. The summed E-state index contributed by atoms with van der Waals surface area (Å²) in [5.74, 6) is 1.24. The molecule has 4 rings (SSSR count). The van der Waals surface area contributed by atoms with Crippen LogP contribution in [0.25, 0.3) is 10.2 Å². The topological polar surface area (TPSA) is 55.6 Å². The third kappa shape index (κ3) is 3.88. The van der Waals surface area contributed by atoms with Crippen LogP contribution in [0.4, 0.5) is 5.13 Å². The first-order valence-electron chi connectivity index (χ1n) is 8.77. The first-order chi connectivity index (χ1) is 13.6. The minimum Gasteiger partial charge on any atom is -0.494 e. The molecule has 5 nitrogen and oxygen atoms in total. The maximum Gasteiger partial charge on any atom is 0.260 e. The summed E-state index contributed by atoms with van der Waals surface area (Å²) in [6, 6.07) is 16.2. The maximum absolute atomic E-state index is 13.3. The Labute approximate surface area is 171 Å². The number of thiazole rings is 1. The number of halogens is 1. The quantitative estimate of drug-likeness (QED) is 0.402. The van der Waals surface area contributed by atoms with Crippen molar-refractivity contribution in [3.8, 4) is 5.75 Å². The van der Waals surface area contributed by atoms with E-state index >= 15 is 0 Å². The van der Waals surface area contributed by atoms with E-state index in [2.05, 4.69) is 4.98 Å². The molecule has 7 heteroatoms. The maximum atomic E-state index is 13.3. The zero-order chi connectivity index (χ0) is 19.5. The van der Waals surface area contributed by atoms with Crippen molar-refractivity contribution in [1.82, 2.24) is 4.98 Å². The summed E-state index contributed by atoms with van der Waals surface area (Å²) in [6.07, 6.45) is 1.59. The van der Waals surface area contributed by atoms with Crippen LogP contribution in [0.1, 0.15) is 23.0 Å². The largest absolute Gasteiger partial charge is 0.494 e. The monoisotopic (exact) mass is 412 g/mol. The van der Waals surface area contributed by atoms with E-state index in [9.17, 15) is 4.79 Å². The van der Waals surface area contributed by atoms with Crippen LogP contribution in [0.3, 0.4) is 0 Å². The summed E-state index contributed by atoms with van der Waals surface area (Å²) in [5, 5.41) is 1.23. The van der Waals surface area contributed by atoms with Crippen molar-refractivity contribution in [2.45, 2.75) is 13.5 Å². The van der Waals surface area contributed by atoms with Crippen molar-refractivity contribution in [3.05, 3.63) is 77.2 Å². The van der Waals surface area contributed by atoms with Crippen molar-refractivity contribution in [2.24, 2.45) is 0 Å². The second-order valence-corrected chi connectivity index (χ2v) is 7.48. The first-order valence-corrected chi connectivity index (χ1v) is 9.96. The van der Waals surface area contributed by atoms with Gasteiger partial charge in [0.25, 0.3) is 5.91 Å². The molecule has 0 aliphatic carbocycles. The highest BCUT2D eigenvalue weighted by atomic mass is 35.5. The standard InChI is InChI=1S/C21H17ClN2O3S/c1-2-26-16-8-5-14(6-9-16)20(25)24(13-17-4-3-11-27-17)21-23-18-10-7-15(22)12-19(18)28-21/h3-12H,2,13H2,1H3. The van der Waals surface area contributed by atoms with Gasteiger partial charge in [-0.1, -0.05) is 22.9 Å². The molecule has 2 aromatic heterocycles. The van der Waals surface area contributed by atoms with Gasteiger partial charge in [0.2, 0.25) is 0 Å². The molecule has 1 amide bonds. The van der Waals surface area contributed by atoms with E-state index in [0.717, 1.165) is 16.0 Å². The number of amides is 1. The highest BCUT2D eigenvalue weighted by Crippen LogP contribution is 2.32. The number of fused-ring (bicyclic) bond motifs is 1. The van der Waals surface area contributed by atoms with Gasteiger partial charge in [0.15, 0.2) is 5.13 Å². The Morgan fingerprint density at radius 2 is 2.04 bits per heavy atom. The SMILES string of the molecule is CCOc1ccc(C(=O)N(Cc2ccco2)c2nc3ccc(Cl)cc3s2)cc1. The highest BCUT2D eigenvalue weighted by Gasteiger charge is 2.23. The molecular weight excluding hydrogens is 396 g/mol. The average molecular weight is 413 g/mol. The number of nitrogens with zero attached hydrogens (tertiary/aromatic N) is 2. The van der Waals surface area contributed by atoms with E-state index in [0.29, 0.717) is 28.1 Å². The molecule has 0 spiro atoms. The van der Waals surface area contributed by atoms with Gasteiger partial charge in [-0.3, -0.25) is 9.69 Å². The number of hydrogen-bond donors (Lipinski definition) is 0. The Morgan fingerprint density at radius 3 is 2.75 bits per heavy atom. The summed E-state index contributed by atoms with van der Waals surface area (Å²) in [4.78, 5) is 19.5. The lowest BCUT2D eigenvalue weighted by molar-refractivity contribution is 0.0983. The molecule has 0 fully saturated rings. The summed E-state index contributed by atoms with van der Waals surface area (Å²) >= 11 is 7.51. The molecular formula is C21H17ClN2O3S. The predicted molar refractivity (Wildman–Crippen MR) is 111 cm³/mol. The lowest BCUT2D eigenvalue weighted by Gasteiger charge is -2.19. The van der Waals surface area contributed by atoms with Crippen molar-refractivity contribution in [3.63, 3.8) is 0 Å². The van der Waals surface area contributed by atoms with E-state index in [4.69, 9.17) is 20.8 Å². The molecule has 0 saturated carbocycles. The zero-order valence-corrected chi connectivity index (χ0v) is 16.7.